The molecular formula is C18H23N3O3. The van der Waals surface area contributed by atoms with Crippen LogP contribution in [0.5, 0.6) is 0 Å². The molecule has 6 nitrogen and oxygen atoms in total. The minimum absolute atomic E-state index is 0.0584. The number of furan rings is 1. The van der Waals surface area contributed by atoms with Crippen molar-refractivity contribution >= 4 is 5.91 Å². The molecule has 24 heavy (non-hydrogen) atoms. The number of fused-ring (bicyclic) bond motifs is 2. The Morgan fingerprint density at radius 3 is 3.04 bits per heavy atom. The molecule has 0 aliphatic heterocycles. The molecule has 1 amide bonds. The molecule has 6 heteroatoms. The van der Waals surface area contributed by atoms with Crippen molar-refractivity contribution in [3.63, 3.8) is 0 Å². The van der Waals surface area contributed by atoms with Crippen molar-refractivity contribution in [2.45, 2.75) is 51.5 Å². The average Bonchev–Trinajstić information content (AvgIpc) is 3.37. The van der Waals surface area contributed by atoms with E-state index in [9.17, 15) is 4.79 Å². The molecule has 2 saturated carbocycles. The van der Waals surface area contributed by atoms with Crippen LogP contribution in [0.2, 0.25) is 0 Å². The highest BCUT2D eigenvalue weighted by Gasteiger charge is 2.42. The summed E-state index contributed by atoms with van der Waals surface area (Å²) in [5.41, 5.74) is 0. The summed E-state index contributed by atoms with van der Waals surface area (Å²) >= 11 is 0. The van der Waals surface area contributed by atoms with E-state index >= 15 is 0 Å². The van der Waals surface area contributed by atoms with Gasteiger partial charge in [-0.15, -0.1) is 0 Å². The highest BCUT2D eigenvalue weighted by molar-refractivity contribution is 5.76. The smallest absolute Gasteiger partial charge is 0.238 e. The largest absolute Gasteiger partial charge is 0.461 e. The molecule has 2 aromatic rings. The fourth-order valence-electron chi connectivity index (χ4n) is 4.42. The third-order valence-corrected chi connectivity index (χ3v) is 5.60. The van der Waals surface area contributed by atoms with Crippen LogP contribution in [0.1, 0.15) is 44.9 Å². The number of aryl methyl sites for hydroxylation is 1. The lowest BCUT2D eigenvalue weighted by Crippen LogP contribution is -2.40. The van der Waals surface area contributed by atoms with E-state index in [1.165, 1.54) is 25.7 Å². The van der Waals surface area contributed by atoms with Gasteiger partial charge >= 0.3 is 0 Å². The van der Waals surface area contributed by atoms with Crippen LogP contribution in [-0.2, 0) is 11.2 Å². The number of aromatic nitrogens is 2. The first kappa shape index (κ1) is 15.4. The molecule has 0 aromatic carbocycles. The highest BCUT2D eigenvalue weighted by atomic mass is 16.5. The average molecular weight is 329 g/mol. The maximum absolute atomic E-state index is 12.2. The normalized spacial score (nSPS) is 26.6. The molecular weight excluding hydrogens is 306 g/mol. The molecule has 2 aliphatic rings. The van der Waals surface area contributed by atoms with Crippen molar-refractivity contribution in [1.29, 1.82) is 0 Å². The van der Waals surface area contributed by atoms with E-state index in [2.05, 4.69) is 22.4 Å². The Balaban J connectivity index is 1.26. The van der Waals surface area contributed by atoms with Gasteiger partial charge in [0.25, 0.3) is 0 Å². The molecule has 2 bridgehead atoms. The lowest BCUT2D eigenvalue weighted by molar-refractivity contribution is -0.122. The molecule has 2 fully saturated rings. The maximum atomic E-state index is 12.2. The van der Waals surface area contributed by atoms with Gasteiger partial charge in [-0.2, -0.15) is 4.98 Å². The second kappa shape index (κ2) is 6.42. The molecule has 0 spiro atoms. The van der Waals surface area contributed by atoms with Gasteiger partial charge in [-0.05, 0) is 56.1 Å². The summed E-state index contributed by atoms with van der Waals surface area (Å²) < 4.78 is 10.4. The number of nitrogens with one attached hydrogen (secondary N) is 1. The van der Waals surface area contributed by atoms with E-state index in [0.29, 0.717) is 36.2 Å². The number of hydrogen-bond donors (Lipinski definition) is 1. The fourth-order valence-corrected chi connectivity index (χ4v) is 4.42. The monoisotopic (exact) mass is 329 g/mol. The number of carbonyl (C=O) groups excluding carboxylic acids is 1. The summed E-state index contributed by atoms with van der Waals surface area (Å²) in [4.78, 5) is 16.5. The molecule has 0 radical (unpaired) electrons. The third-order valence-electron chi connectivity index (χ3n) is 5.60. The molecule has 2 heterocycles. The fraction of sp³-hybridized carbons (Fsp3) is 0.611. The van der Waals surface area contributed by atoms with Crippen molar-refractivity contribution in [3.05, 3.63) is 24.3 Å². The van der Waals surface area contributed by atoms with Crippen molar-refractivity contribution in [2.75, 3.05) is 0 Å². The van der Waals surface area contributed by atoms with Gasteiger partial charge in [-0.25, -0.2) is 0 Å². The van der Waals surface area contributed by atoms with Gasteiger partial charge in [0.1, 0.15) is 0 Å². The Kier molecular flexibility index (Phi) is 4.12. The van der Waals surface area contributed by atoms with Gasteiger partial charge < -0.3 is 14.3 Å². The van der Waals surface area contributed by atoms with Crippen molar-refractivity contribution < 1.29 is 13.7 Å². The van der Waals surface area contributed by atoms with Gasteiger partial charge in [0.05, 0.1) is 6.26 Å². The highest BCUT2D eigenvalue weighted by Crippen LogP contribution is 2.49. The van der Waals surface area contributed by atoms with E-state index in [1.807, 2.05) is 0 Å². The standard InChI is InChI=1S/C18H23N3O3/c1-11(14-10-12-4-5-13(14)9-12)19-16(22)6-7-17-20-18(21-24-17)15-3-2-8-23-15/h2-3,8,11-14H,4-7,9-10H2,1H3,(H,19,22). The molecule has 4 atom stereocenters. The summed E-state index contributed by atoms with van der Waals surface area (Å²) in [6.07, 6.45) is 7.75. The second-order valence-electron chi connectivity index (χ2n) is 7.18. The molecule has 0 saturated heterocycles. The zero-order chi connectivity index (χ0) is 16.5. The Labute approximate surface area is 141 Å². The summed E-state index contributed by atoms with van der Waals surface area (Å²) in [5.74, 6) is 3.88. The predicted molar refractivity (Wildman–Crippen MR) is 86.9 cm³/mol. The molecule has 2 aliphatic carbocycles. The lowest BCUT2D eigenvalue weighted by Gasteiger charge is -2.28. The van der Waals surface area contributed by atoms with Crippen molar-refractivity contribution in [3.8, 4) is 11.6 Å². The minimum atomic E-state index is 0.0584. The van der Waals surface area contributed by atoms with E-state index in [4.69, 9.17) is 8.94 Å². The SMILES string of the molecule is CC(NC(=O)CCc1nc(-c2ccco2)no1)C1CC2CCC1C2. The Morgan fingerprint density at radius 2 is 2.33 bits per heavy atom. The van der Waals surface area contributed by atoms with Crippen LogP contribution >= 0.6 is 0 Å². The van der Waals surface area contributed by atoms with Crippen LogP contribution in [0.3, 0.4) is 0 Å². The number of hydrogen-bond acceptors (Lipinski definition) is 5. The van der Waals surface area contributed by atoms with Crippen LogP contribution in [-0.4, -0.2) is 22.1 Å². The molecule has 128 valence electrons. The molecule has 2 aromatic heterocycles. The summed E-state index contributed by atoms with van der Waals surface area (Å²) in [5, 5.41) is 7.04. The van der Waals surface area contributed by atoms with Crippen LogP contribution in [0.15, 0.2) is 27.3 Å². The Bertz CT molecular complexity index is 694. The second-order valence-corrected chi connectivity index (χ2v) is 7.18. The lowest BCUT2D eigenvalue weighted by atomic mass is 9.84. The quantitative estimate of drug-likeness (QED) is 0.880. The number of nitrogens with zero attached hydrogens (tertiary/aromatic N) is 2. The van der Waals surface area contributed by atoms with Crippen LogP contribution in [0, 0.1) is 17.8 Å². The summed E-state index contributed by atoms with van der Waals surface area (Å²) in [6, 6.07) is 3.81. The molecule has 4 unspecified atom stereocenters. The Morgan fingerprint density at radius 1 is 1.42 bits per heavy atom. The topological polar surface area (TPSA) is 81.2 Å². The number of carbonyl (C=O) groups is 1. The van der Waals surface area contributed by atoms with Gasteiger partial charge in [0.2, 0.25) is 17.6 Å². The van der Waals surface area contributed by atoms with E-state index in [-0.39, 0.29) is 11.9 Å². The summed E-state index contributed by atoms with van der Waals surface area (Å²) in [6.45, 7) is 2.14. The Hall–Kier alpha value is -2.11. The zero-order valence-corrected chi connectivity index (χ0v) is 13.9. The van der Waals surface area contributed by atoms with E-state index in [0.717, 1.165) is 11.8 Å². The van der Waals surface area contributed by atoms with E-state index < -0.39 is 0 Å². The number of rotatable bonds is 6. The summed E-state index contributed by atoms with van der Waals surface area (Å²) in [7, 11) is 0. The third kappa shape index (κ3) is 3.09. The van der Waals surface area contributed by atoms with Crippen molar-refractivity contribution in [2.24, 2.45) is 17.8 Å². The van der Waals surface area contributed by atoms with Crippen LogP contribution in [0.25, 0.3) is 11.6 Å². The van der Waals surface area contributed by atoms with Gasteiger partial charge in [0.15, 0.2) is 5.76 Å². The van der Waals surface area contributed by atoms with Gasteiger partial charge in [-0.3, -0.25) is 4.79 Å². The van der Waals surface area contributed by atoms with Crippen LogP contribution in [0.4, 0.5) is 0 Å². The first-order chi connectivity index (χ1) is 11.7. The molecule has 4 rings (SSSR count). The first-order valence-electron chi connectivity index (χ1n) is 8.85. The maximum Gasteiger partial charge on any atom is 0.238 e. The predicted octanol–water partition coefficient (Wildman–Crippen LogP) is 3.20. The van der Waals surface area contributed by atoms with Crippen LogP contribution < -0.4 is 5.32 Å². The minimum Gasteiger partial charge on any atom is -0.461 e. The number of amides is 1. The van der Waals surface area contributed by atoms with Crippen molar-refractivity contribution in [1.82, 2.24) is 15.5 Å². The van der Waals surface area contributed by atoms with Gasteiger partial charge in [0, 0.05) is 18.9 Å². The zero-order valence-electron chi connectivity index (χ0n) is 13.9. The van der Waals surface area contributed by atoms with Gasteiger partial charge in [-0.1, -0.05) is 11.6 Å². The molecule has 1 N–H and O–H groups in total. The van der Waals surface area contributed by atoms with E-state index in [1.54, 1.807) is 18.4 Å². The first-order valence-corrected chi connectivity index (χ1v) is 8.85.